The molecule has 0 aliphatic heterocycles. The molecule has 5 aromatic rings. The highest BCUT2D eigenvalue weighted by Crippen LogP contribution is 2.42. The number of ether oxygens (including phenoxy) is 2. The molecule has 0 saturated carbocycles. The summed E-state index contributed by atoms with van der Waals surface area (Å²) in [4.78, 5) is 13.1. The van der Waals surface area contributed by atoms with Gasteiger partial charge in [-0.3, -0.25) is 0 Å². The predicted octanol–water partition coefficient (Wildman–Crippen LogP) is 6.19. The van der Waals surface area contributed by atoms with E-state index in [2.05, 4.69) is 10.5 Å². The van der Waals surface area contributed by atoms with Crippen LogP contribution in [0.1, 0.15) is 15.2 Å². The van der Waals surface area contributed by atoms with Crippen LogP contribution in [0.4, 0.5) is 0 Å². The average Bonchev–Trinajstić information content (AvgIpc) is 3.35. The van der Waals surface area contributed by atoms with Gasteiger partial charge in [-0.2, -0.15) is 0 Å². The monoisotopic (exact) mass is 413 g/mol. The minimum atomic E-state index is -0.319. The number of hydrogen-bond acceptors (Lipinski definition) is 4. The number of thiophene rings is 1. The van der Waals surface area contributed by atoms with Crippen molar-refractivity contribution in [1.82, 2.24) is 4.40 Å². The number of carbonyl (C=O) groups excluding carboxylic acids is 1. The second-order valence-electron chi connectivity index (χ2n) is 6.92. The van der Waals surface area contributed by atoms with Crippen molar-refractivity contribution in [3.8, 4) is 16.9 Å². The molecule has 5 rings (SSSR count). The van der Waals surface area contributed by atoms with E-state index < -0.39 is 0 Å². The second kappa shape index (κ2) is 7.69. The fourth-order valence-electron chi connectivity index (χ4n) is 3.70. The number of fused-ring (bicyclic) bond motifs is 3. The van der Waals surface area contributed by atoms with Crippen LogP contribution in [0.3, 0.4) is 0 Å². The van der Waals surface area contributed by atoms with Gasteiger partial charge in [0.25, 0.3) is 0 Å². The molecule has 5 heteroatoms. The van der Waals surface area contributed by atoms with Crippen molar-refractivity contribution in [3.05, 3.63) is 95.5 Å². The molecular formula is C25H19NO3S. The van der Waals surface area contributed by atoms with Gasteiger partial charge in [0.05, 0.1) is 22.8 Å². The second-order valence-corrected chi connectivity index (χ2v) is 7.98. The largest absolute Gasteiger partial charge is 0.487 e. The van der Waals surface area contributed by atoms with Gasteiger partial charge >= 0.3 is 5.97 Å². The van der Waals surface area contributed by atoms with Crippen molar-refractivity contribution in [1.29, 1.82) is 0 Å². The zero-order valence-corrected chi connectivity index (χ0v) is 17.2. The van der Waals surface area contributed by atoms with Crippen LogP contribution in [-0.2, 0) is 11.3 Å². The van der Waals surface area contributed by atoms with E-state index in [0.29, 0.717) is 11.5 Å². The minimum absolute atomic E-state index is 0.319. The number of benzene rings is 2. The van der Waals surface area contributed by atoms with Crippen LogP contribution in [0, 0.1) is 0 Å². The van der Waals surface area contributed by atoms with Crippen LogP contribution in [0.2, 0.25) is 0 Å². The van der Waals surface area contributed by atoms with Crippen molar-refractivity contribution >= 4 is 33.0 Å². The Kier molecular flexibility index (Phi) is 4.73. The molecule has 0 fully saturated rings. The summed E-state index contributed by atoms with van der Waals surface area (Å²) in [6, 6.07) is 26.1. The summed E-state index contributed by atoms with van der Waals surface area (Å²) in [7, 11) is 1.42. The van der Waals surface area contributed by atoms with Crippen LogP contribution >= 0.6 is 11.3 Å². The molecule has 0 atom stereocenters. The maximum atomic E-state index is 12.5. The molecule has 0 aliphatic carbocycles. The molecule has 0 N–H and O–H groups in total. The molecule has 0 amide bonds. The Hall–Kier alpha value is -3.57. The Bertz CT molecular complexity index is 1340. The quantitative estimate of drug-likeness (QED) is 0.323. The van der Waals surface area contributed by atoms with Crippen LogP contribution in [-0.4, -0.2) is 17.5 Å². The third-order valence-corrected chi connectivity index (χ3v) is 6.19. The minimum Gasteiger partial charge on any atom is -0.487 e. The van der Waals surface area contributed by atoms with Crippen LogP contribution in [0.15, 0.2) is 85.1 Å². The van der Waals surface area contributed by atoms with E-state index in [4.69, 9.17) is 9.47 Å². The zero-order chi connectivity index (χ0) is 20.5. The number of rotatable bonds is 5. The van der Waals surface area contributed by atoms with E-state index >= 15 is 0 Å². The fraction of sp³-hybridized carbons (Fsp3) is 0.0800. The van der Waals surface area contributed by atoms with E-state index in [9.17, 15) is 4.79 Å². The third kappa shape index (κ3) is 3.13. The third-order valence-electron chi connectivity index (χ3n) is 5.08. The Morgan fingerprint density at radius 3 is 2.43 bits per heavy atom. The first kappa shape index (κ1) is 18.5. The van der Waals surface area contributed by atoms with Crippen LogP contribution < -0.4 is 4.74 Å². The van der Waals surface area contributed by atoms with E-state index in [1.807, 2.05) is 79.0 Å². The van der Waals surface area contributed by atoms with Crippen LogP contribution in [0.5, 0.6) is 5.75 Å². The van der Waals surface area contributed by atoms with E-state index in [1.165, 1.54) is 18.4 Å². The Balaban J connectivity index is 1.67. The summed E-state index contributed by atoms with van der Waals surface area (Å²) in [5, 5.41) is 0. The molecular weight excluding hydrogens is 394 g/mol. The summed E-state index contributed by atoms with van der Waals surface area (Å²) >= 11 is 1.45. The molecule has 0 unspecified atom stereocenters. The van der Waals surface area contributed by atoms with Gasteiger partial charge in [0.2, 0.25) is 0 Å². The molecule has 148 valence electrons. The van der Waals surface area contributed by atoms with Gasteiger partial charge in [0.1, 0.15) is 17.2 Å². The smallest absolute Gasteiger partial charge is 0.348 e. The zero-order valence-electron chi connectivity index (χ0n) is 16.4. The van der Waals surface area contributed by atoms with Crippen molar-refractivity contribution < 1.29 is 14.3 Å². The van der Waals surface area contributed by atoms with Crippen LogP contribution in [0.25, 0.3) is 26.9 Å². The normalized spacial score (nSPS) is 11.1. The lowest BCUT2D eigenvalue weighted by molar-refractivity contribution is 0.0607. The van der Waals surface area contributed by atoms with Gasteiger partial charge in [-0.05, 0) is 29.3 Å². The molecule has 0 spiro atoms. The molecule has 2 aromatic carbocycles. The van der Waals surface area contributed by atoms with Gasteiger partial charge in [-0.1, -0.05) is 60.7 Å². The first-order valence-electron chi connectivity index (χ1n) is 9.63. The number of pyridine rings is 1. The summed E-state index contributed by atoms with van der Waals surface area (Å²) < 4.78 is 14.3. The van der Waals surface area contributed by atoms with Crippen molar-refractivity contribution in [2.75, 3.05) is 7.11 Å². The lowest BCUT2D eigenvalue weighted by Gasteiger charge is -2.09. The van der Waals surface area contributed by atoms with E-state index in [-0.39, 0.29) is 5.97 Å². The topological polar surface area (TPSA) is 39.9 Å². The predicted molar refractivity (Wildman–Crippen MR) is 120 cm³/mol. The van der Waals surface area contributed by atoms with Gasteiger partial charge in [-0.15, -0.1) is 11.3 Å². The molecule has 0 saturated heterocycles. The molecule has 3 heterocycles. The lowest BCUT2D eigenvalue weighted by Crippen LogP contribution is -2.01. The Labute approximate surface area is 177 Å². The number of carbonyl (C=O) groups is 1. The van der Waals surface area contributed by atoms with Gasteiger partial charge < -0.3 is 13.9 Å². The number of hydrogen-bond donors (Lipinski definition) is 0. The number of aromatic nitrogens is 1. The highest BCUT2D eigenvalue weighted by molar-refractivity contribution is 7.21. The SMILES string of the molecule is COC(=O)c1sc2cc3c(OCc4ccccc4)cccn3c2c1-c1ccccc1. The molecule has 0 aliphatic rings. The number of nitrogens with zero attached hydrogens (tertiary/aromatic N) is 1. The standard InChI is InChI=1S/C25H19NO3S/c1-28-25(27)24-22(18-11-6-3-7-12-18)23-21(30-24)15-19-20(13-8-14-26(19)23)29-16-17-9-4-2-5-10-17/h2-15H,16H2,1H3. The molecule has 3 aromatic heterocycles. The molecule has 0 radical (unpaired) electrons. The Morgan fingerprint density at radius 1 is 0.967 bits per heavy atom. The van der Waals surface area contributed by atoms with Gasteiger partial charge in [-0.25, -0.2) is 4.79 Å². The van der Waals surface area contributed by atoms with Crippen molar-refractivity contribution in [3.63, 3.8) is 0 Å². The highest BCUT2D eigenvalue weighted by Gasteiger charge is 2.23. The Morgan fingerprint density at radius 2 is 1.70 bits per heavy atom. The average molecular weight is 413 g/mol. The van der Waals surface area contributed by atoms with Gasteiger partial charge in [0, 0.05) is 11.8 Å². The van der Waals surface area contributed by atoms with Gasteiger partial charge in [0.15, 0.2) is 0 Å². The number of methoxy groups -OCH3 is 1. The summed E-state index contributed by atoms with van der Waals surface area (Å²) in [6.07, 6.45) is 2.01. The maximum Gasteiger partial charge on any atom is 0.348 e. The molecule has 0 bridgehead atoms. The number of esters is 1. The van der Waals surface area contributed by atoms with E-state index in [0.717, 1.165) is 38.2 Å². The summed E-state index contributed by atoms with van der Waals surface area (Å²) in [5.74, 6) is 0.490. The summed E-state index contributed by atoms with van der Waals surface area (Å²) in [5.41, 5.74) is 4.96. The lowest BCUT2D eigenvalue weighted by atomic mass is 10.1. The van der Waals surface area contributed by atoms with Crippen molar-refractivity contribution in [2.45, 2.75) is 6.61 Å². The van der Waals surface area contributed by atoms with Crippen molar-refractivity contribution in [2.24, 2.45) is 0 Å². The van der Waals surface area contributed by atoms with E-state index in [1.54, 1.807) is 0 Å². The molecule has 4 nitrogen and oxygen atoms in total. The fourth-order valence-corrected chi connectivity index (χ4v) is 4.88. The first-order valence-corrected chi connectivity index (χ1v) is 10.4. The molecule has 30 heavy (non-hydrogen) atoms. The summed E-state index contributed by atoms with van der Waals surface area (Å²) in [6.45, 7) is 0.498. The highest BCUT2D eigenvalue weighted by atomic mass is 32.1. The first-order chi connectivity index (χ1) is 14.8. The maximum absolute atomic E-state index is 12.5.